The predicted molar refractivity (Wildman–Crippen MR) is 128 cm³/mol. The van der Waals surface area contributed by atoms with Crippen molar-refractivity contribution < 1.29 is 22.7 Å². The number of rotatable bonds is 11. The first-order valence-electron chi connectivity index (χ1n) is 9.87. The summed E-state index contributed by atoms with van der Waals surface area (Å²) in [6, 6.07) is 8.79. The highest BCUT2D eigenvalue weighted by Gasteiger charge is 2.18. The van der Waals surface area contributed by atoms with Gasteiger partial charge in [-0.2, -0.15) is 8.78 Å². The first-order valence-corrected chi connectivity index (χ1v) is 9.87. The van der Waals surface area contributed by atoms with Gasteiger partial charge in [0.25, 0.3) is 0 Å². The van der Waals surface area contributed by atoms with E-state index in [0.29, 0.717) is 31.2 Å². The highest BCUT2D eigenvalue weighted by molar-refractivity contribution is 14.0. The maximum absolute atomic E-state index is 12.9. The van der Waals surface area contributed by atoms with Crippen LogP contribution >= 0.6 is 24.0 Å². The third kappa shape index (κ3) is 8.52. The lowest BCUT2D eigenvalue weighted by molar-refractivity contribution is -0.0520. The van der Waals surface area contributed by atoms with Gasteiger partial charge in [-0.3, -0.25) is 4.90 Å². The van der Waals surface area contributed by atoms with Gasteiger partial charge in [-0.25, -0.2) is 4.99 Å². The van der Waals surface area contributed by atoms with E-state index < -0.39 is 6.61 Å². The lowest BCUT2D eigenvalue weighted by Crippen LogP contribution is -2.41. The van der Waals surface area contributed by atoms with Crippen molar-refractivity contribution in [1.29, 1.82) is 0 Å². The van der Waals surface area contributed by atoms with Crippen LogP contribution in [0, 0.1) is 0 Å². The second-order valence-corrected chi connectivity index (χ2v) is 6.63. The summed E-state index contributed by atoms with van der Waals surface area (Å²) in [5.41, 5.74) is 0.508. The Kier molecular flexibility index (Phi) is 12.2. The fourth-order valence-electron chi connectivity index (χ4n) is 2.90. The first-order chi connectivity index (χ1) is 14.5. The summed E-state index contributed by atoms with van der Waals surface area (Å²) in [5, 5.41) is 6.44. The Morgan fingerprint density at radius 1 is 1.16 bits per heavy atom. The topological polar surface area (TPSA) is 71.3 Å². The minimum absolute atomic E-state index is 0. The van der Waals surface area contributed by atoms with Crippen molar-refractivity contribution in [3.63, 3.8) is 0 Å². The van der Waals surface area contributed by atoms with Crippen LogP contribution in [-0.2, 0) is 6.54 Å². The number of furan rings is 1. The quantitative estimate of drug-likeness (QED) is 0.247. The zero-order valence-electron chi connectivity index (χ0n) is 18.2. The molecule has 1 aromatic carbocycles. The molecular weight excluding hydrogens is 521 g/mol. The van der Waals surface area contributed by atoms with E-state index in [9.17, 15) is 8.78 Å². The first kappa shape index (κ1) is 27.0. The number of alkyl halides is 2. The maximum Gasteiger partial charge on any atom is 0.387 e. The highest BCUT2D eigenvalue weighted by atomic mass is 127. The van der Waals surface area contributed by atoms with Gasteiger partial charge in [-0.15, -0.1) is 24.0 Å². The summed E-state index contributed by atoms with van der Waals surface area (Å²) in [6.45, 7) is 2.47. The van der Waals surface area contributed by atoms with Crippen molar-refractivity contribution in [2.24, 2.45) is 4.99 Å². The predicted octanol–water partition coefficient (Wildman–Crippen LogP) is 4.26. The van der Waals surface area contributed by atoms with E-state index in [1.165, 1.54) is 0 Å². The van der Waals surface area contributed by atoms with Crippen molar-refractivity contribution in [1.82, 2.24) is 15.5 Å². The third-order valence-electron chi connectivity index (χ3n) is 4.28. The van der Waals surface area contributed by atoms with E-state index in [1.807, 2.05) is 38.1 Å². The maximum atomic E-state index is 12.9. The zero-order valence-corrected chi connectivity index (χ0v) is 20.6. The molecule has 2 N–H and O–H groups in total. The fraction of sp³-hybridized carbons (Fsp3) is 0.476. The van der Waals surface area contributed by atoms with Gasteiger partial charge in [-0.1, -0.05) is 12.1 Å². The fourth-order valence-corrected chi connectivity index (χ4v) is 2.90. The van der Waals surface area contributed by atoms with Crippen LogP contribution in [0.25, 0.3) is 0 Å². The van der Waals surface area contributed by atoms with Crippen molar-refractivity contribution in [3.8, 4) is 11.5 Å². The van der Waals surface area contributed by atoms with Crippen molar-refractivity contribution >= 4 is 29.9 Å². The molecule has 0 fully saturated rings. The number of hydrogen-bond donors (Lipinski definition) is 2. The molecule has 1 unspecified atom stereocenters. The molecule has 174 valence electrons. The number of nitrogens with zero attached hydrogens (tertiary/aromatic N) is 2. The molecule has 0 spiro atoms. The zero-order chi connectivity index (χ0) is 21.9. The van der Waals surface area contributed by atoms with E-state index in [1.54, 1.807) is 31.4 Å². The Balaban J connectivity index is 0.00000480. The van der Waals surface area contributed by atoms with Crippen LogP contribution < -0.4 is 20.1 Å². The molecule has 0 aliphatic rings. The molecule has 1 aromatic heterocycles. The summed E-state index contributed by atoms with van der Waals surface area (Å²) in [7, 11) is 3.93. The van der Waals surface area contributed by atoms with Crippen LogP contribution in [0.2, 0.25) is 0 Å². The monoisotopic (exact) mass is 552 g/mol. The molecule has 0 aliphatic heterocycles. The Morgan fingerprint density at radius 2 is 1.94 bits per heavy atom. The van der Waals surface area contributed by atoms with Gasteiger partial charge in [0.05, 0.1) is 25.5 Å². The molecule has 2 rings (SSSR count). The third-order valence-corrected chi connectivity index (χ3v) is 4.28. The average Bonchev–Trinajstić information content (AvgIpc) is 3.22. The molecule has 7 nitrogen and oxygen atoms in total. The SMILES string of the molecule is CCNC(=NCc1cccc(OCC)c1OC(F)F)NCC(c1ccco1)N(C)C.I. The number of benzene rings is 1. The highest BCUT2D eigenvalue weighted by Crippen LogP contribution is 2.33. The summed E-state index contributed by atoms with van der Waals surface area (Å²) in [5.74, 6) is 1.67. The van der Waals surface area contributed by atoms with E-state index >= 15 is 0 Å². The van der Waals surface area contributed by atoms with Gasteiger partial charge >= 0.3 is 6.61 Å². The van der Waals surface area contributed by atoms with Gasteiger partial charge in [0.15, 0.2) is 17.5 Å². The number of halogens is 3. The summed E-state index contributed by atoms with van der Waals surface area (Å²) in [4.78, 5) is 6.57. The van der Waals surface area contributed by atoms with Crippen molar-refractivity contribution in [3.05, 3.63) is 47.9 Å². The smallest absolute Gasteiger partial charge is 0.387 e. The van der Waals surface area contributed by atoms with Crippen LogP contribution in [-0.4, -0.2) is 51.3 Å². The van der Waals surface area contributed by atoms with Gasteiger partial charge in [0.1, 0.15) is 5.76 Å². The van der Waals surface area contributed by atoms with E-state index in [2.05, 4.69) is 15.6 Å². The number of likely N-dealkylation sites (N-methyl/N-ethyl adjacent to an activating group) is 1. The minimum atomic E-state index is -2.95. The molecule has 0 amide bonds. The Hall–Kier alpha value is -2.08. The standard InChI is InChI=1S/C21H30F2N4O3.HI/c1-5-24-21(26-14-16(27(3)4)17-11-8-12-29-17)25-13-15-9-7-10-18(28-6-2)19(15)30-20(22)23;/h7-12,16,20H,5-6,13-14H2,1-4H3,(H2,24,25,26);1H. The molecule has 1 heterocycles. The molecule has 0 aliphatic carbocycles. The number of ether oxygens (including phenoxy) is 2. The normalized spacial score (nSPS) is 12.5. The van der Waals surface area contributed by atoms with E-state index in [-0.39, 0.29) is 48.1 Å². The van der Waals surface area contributed by atoms with E-state index in [4.69, 9.17) is 13.9 Å². The second-order valence-electron chi connectivity index (χ2n) is 6.63. The van der Waals surface area contributed by atoms with Crippen LogP contribution in [0.15, 0.2) is 46.0 Å². The lowest BCUT2D eigenvalue weighted by atomic mass is 10.2. The molecule has 10 heteroatoms. The molecule has 0 saturated heterocycles. The number of aliphatic imine (C=N–C) groups is 1. The average molecular weight is 552 g/mol. The number of para-hydroxylation sites is 1. The summed E-state index contributed by atoms with van der Waals surface area (Å²) in [6.07, 6.45) is 1.64. The Morgan fingerprint density at radius 3 is 2.52 bits per heavy atom. The molecule has 0 radical (unpaired) electrons. The summed E-state index contributed by atoms with van der Waals surface area (Å²) < 4.78 is 41.5. The lowest BCUT2D eigenvalue weighted by Gasteiger charge is -2.23. The van der Waals surface area contributed by atoms with Gasteiger partial charge in [-0.05, 0) is 46.1 Å². The number of hydrogen-bond acceptors (Lipinski definition) is 5. The largest absolute Gasteiger partial charge is 0.490 e. The van der Waals surface area contributed by atoms with Gasteiger partial charge in [0, 0.05) is 18.7 Å². The van der Waals surface area contributed by atoms with Crippen molar-refractivity contribution in [2.75, 3.05) is 33.8 Å². The molecule has 1 atom stereocenters. The van der Waals surface area contributed by atoms with Gasteiger partial charge in [0.2, 0.25) is 0 Å². The molecule has 0 bridgehead atoms. The van der Waals surface area contributed by atoms with Crippen LogP contribution in [0.3, 0.4) is 0 Å². The Bertz CT molecular complexity index is 789. The van der Waals surface area contributed by atoms with Crippen molar-refractivity contribution in [2.45, 2.75) is 33.0 Å². The molecular formula is C21H31F2IN4O3. The molecule has 2 aromatic rings. The van der Waals surface area contributed by atoms with Crippen LogP contribution in [0.1, 0.15) is 31.2 Å². The van der Waals surface area contributed by atoms with Gasteiger partial charge < -0.3 is 24.5 Å². The number of guanidine groups is 1. The van der Waals surface area contributed by atoms with Crippen LogP contribution in [0.4, 0.5) is 8.78 Å². The second kappa shape index (κ2) is 14.1. The van der Waals surface area contributed by atoms with Crippen LogP contribution in [0.5, 0.6) is 11.5 Å². The van der Waals surface area contributed by atoms with E-state index in [0.717, 1.165) is 5.76 Å². The Labute approximate surface area is 199 Å². The molecule has 31 heavy (non-hydrogen) atoms. The minimum Gasteiger partial charge on any atom is -0.490 e. The summed E-state index contributed by atoms with van der Waals surface area (Å²) >= 11 is 0. The number of nitrogens with one attached hydrogen (secondary N) is 2. The molecule has 0 saturated carbocycles.